The van der Waals surface area contributed by atoms with E-state index < -0.39 is 52.7 Å². The monoisotopic (exact) mass is 799 g/mol. The van der Waals surface area contributed by atoms with Crippen LogP contribution >= 0.6 is 11.6 Å². The predicted octanol–water partition coefficient (Wildman–Crippen LogP) is 5.69. The summed E-state index contributed by atoms with van der Waals surface area (Å²) < 4.78 is 73.1. The first-order valence-electron chi connectivity index (χ1n) is 17.5. The molecule has 1 fully saturated rings. The Kier molecular flexibility index (Phi) is 9.85. The third kappa shape index (κ3) is 6.73. The van der Waals surface area contributed by atoms with Gasteiger partial charge in [-0.05, 0) is 70.5 Å². The smallest absolute Gasteiger partial charge is 0.416 e. The highest BCUT2D eigenvalue weighted by Crippen LogP contribution is 2.50. The van der Waals surface area contributed by atoms with Crippen molar-refractivity contribution in [3.8, 4) is 17.1 Å². The Morgan fingerprint density at radius 2 is 1.80 bits per heavy atom. The molecule has 5 aromatic rings. The second-order valence-electron chi connectivity index (χ2n) is 14.5. The van der Waals surface area contributed by atoms with Gasteiger partial charge in [-0.2, -0.15) is 22.7 Å². The fourth-order valence-electron chi connectivity index (χ4n) is 7.85. The Balaban J connectivity index is 1.31. The van der Waals surface area contributed by atoms with E-state index in [-0.39, 0.29) is 76.1 Å². The number of aromatic hydroxyl groups is 1. The predicted molar refractivity (Wildman–Crippen MR) is 193 cm³/mol. The van der Waals surface area contributed by atoms with Crippen LogP contribution in [-0.4, -0.2) is 83.0 Å². The number of likely N-dealkylation sites (tertiary alicyclic amines) is 1. The summed E-state index contributed by atoms with van der Waals surface area (Å²) in [4.78, 5) is 57.2. The number of halogens is 6. The van der Waals surface area contributed by atoms with Crippen LogP contribution < -0.4 is 10.9 Å². The first kappa shape index (κ1) is 38.8. The standard InChI is InChI=1S/C37H35ClF5N9O4/c1-18-14-36(9-11-50(12-10-36)34(56)29-31(54)19(2)44-17-45-29)26-30(18)51(16-25(53)46-24-8-6-21(13-23(24)38)37(41,42)43)35-47-32(48-52(35)33(26)55)22-7-5-20(15-49(3)4)27(39)28(22)40/h5-8,13,17-18,54H,9-12,14-16H2,1-4H3,(H,46,53)/t18-/m0/s1. The van der Waals surface area contributed by atoms with Crippen LogP contribution in [0.25, 0.3) is 17.2 Å². The molecule has 0 radical (unpaired) electrons. The van der Waals surface area contributed by atoms with Gasteiger partial charge in [0.2, 0.25) is 11.7 Å². The molecule has 1 aliphatic heterocycles. The third-order valence-electron chi connectivity index (χ3n) is 10.5. The number of nitrogens with zero attached hydrogens (tertiary/aromatic N) is 8. The van der Waals surface area contributed by atoms with Crippen LogP contribution in [0.1, 0.15) is 70.7 Å². The molecule has 294 valence electrons. The van der Waals surface area contributed by atoms with Gasteiger partial charge in [0.25, 0.3) is 11.5 Å². The summed E-state index contributed by atoms with van der Waals surface area (Å²) in [5, 5.41) is 17.0. The number of fused-ring (bicyclic) bond motifs is 3. The van der Waals surface area contributed by atoms with E-state index in [1.54, 1.807) is 25.9 Å². The first-order valence-corrected chi connectivity index (χ1v) is 17.9. The maximum absolute atomic E-state index is 15.6. The van der Waals surface area contributed by atoms with Crippen molar-refractivity contribution in [2.45, 2.75) is 63.7 Å². The summed E-state index contributed by atoms with van der Waals surface area (Å²) >= 11 is 6.13. The number of benzene rings is 2. The Morgan fingerprint density at radius 1 is 1.09 bits per heavy atom. The molecular formula is C37H35ClF5N9O4. The highest BCUT2D eigenvalue weighted by Gasteiger charge is 2.49. The third-order valence-corrected chi connectivity index (χ3v) is 10.8. The summed E-state index contributed by atoms with van der Waals surface area (Å²) in [6, 6.07) is 5.18. The van der Waals surface area contributed by atoms with E-state index in [2.05, 4.69) is 25.4 Å². The Labute approximate surface area is 320 Å². The highest BCUT2D eigenvalue weighted by atomic mass is 35.5. The van der Waals surface area contributed by atoms with E-state index in [0.29, 0.717) is 36.6 Å². The van der Waals surface area contributed by atoms with Gasteiger partial charge in [0, 0.05) is 41.9 Å². The van der Waals surface area contributed by atoms with Crippen molar-refractivity contribution >= 4 is 34.9 Å². The molecular weight excluding hydrogens is 765 g/mol. The molecule has 2 amide bonds. The lowest BCUT2D eigenvalue weighted by Gasteiger charge is -2.39. The number of carbonyl (C=O) groups is 2. The van der Waals surface area contributed by atoms with Crippen molar-refractivity contribution in [3.05, 3.63) is 97.4 Å². The topological polar surface area (TPSA) is 151 Å². The number of aryl methyl sites for hydroxylation is 1. The summed E-state index contributed by atoms with van der Waals surface area (Å²) in [7, 11) is 3.40. The SMILES string of the molecule is Cc1ncnc(C(=O)N2CCC3(CC2)C[C@H](C)c2c3c(=O)n3nc(-c4ccc(CN(C)C)c(F)c4F)nc3n2CC(=O)Nc2ccc(C(F)(F)F)cc2Cl)c1O. The Bertz CT molecular complexity index is 2480. The van der Waals surface area contributed by atoms with Crippen LogP contribution in [-0.2, 0) is 29.5 Å². The van der Waals surface area contributed by atoms with Crippen LogP contribution in [0.4, 0.5) is 27.6 Å². The number of piperidine rings is 1. The Hall–Kier alpha value is -5.49. The van der Waals surface area contributed by atoms with Crippen molar-refractivity contribution in [2.24, 2.45) is 0 Å². The molecule has 2 aromatic carbocycles. The maximum atomic E-state index is 15.6. The minimum Gasteiger partial charge on any atom is -0.504 e. The van der Waals surface area contributed by atoms with Gasteiger partial charge in [0.05, 0.1) is 27.5 Å². The molecule has 1 aliphatic carbocycles. The second kappa shape index (κ2) is 14.2. The van der Waals surface area contributed by atoms with E-state index in [4.69, 9.17) is 11.6 Å². The Morgan fingerprint density at radius 3 is 2.46 bits per heavy atom. The second-order valence-corrected chi connectivity index (χ2v) is 14.9. The number of anilines is 1. The van der Waals surface area contributed by atoms with Crippen LogP contribution in [0.3, 0.4) is 0 Å². The van der Waals surface area contributed by atoms with Crippen LogP contribution in [0.15, 0.2) is 41.5 Å². The van der Waals surface area contributed by atoms with Gasteiger partial charge >= 0.3 is 6.18 Å². The molecule has 0 saturated carbocycles. The van der Waals surface area contributed by atoms with Gasteiger partial charge in [-0.1, -0.05) is 24.6 Å². The van der Waals surface area contributed by atoms with Gasteiger partial charge < -0.3 is 24.8 Å². The van der Waals surface area contributed by atoms with Crippen LogP contribution in [0, 0.1) is 18.6 Å². The summed E-state index contributed by atoms with van der Waals surface area (Å²) in [5.41, 5.74) is -1.90. The normalized spacial score (nSPS) is 16.6. The lowest BCUT2D eigenvalue weighted by molar-refractivity contribution is -0.137. The van der Waals surface area contributed by atoms with E-state index >= 15 is 8.78 Å². The fourth-order valence-corrected chi connectivity index (χ4v) is 8.08. The molecule has 7 rings (SSSR count). The summed E-state index contributed by atoms with van der Waals surface area (Å²) in [6.45, 7) is 3.37. The molecule has 1 saturated heterocycles. The first-order chi connectivity index (χ1) is 26.4. The number of nitrogens with one attached hydrogen (secondary N) is 1. The lowest BCUT2D eigenvalue weighted by atomic mass is 9.73. The molecule has 19 heteroatoms. The summed E-state index contributed by atoms with van der Waals surface area (Å²) in [5.74, 6) is -4.74. The largest absolute Gasteiger partial charge is 0.504 e. The number of alkyl halides is 3. The zero-order valence-corrected chi connectivity index (χ0v) is 31.3. The molecule has 0 bridgehead atoms. The molecule has 13 nitrogen and oxygen atoms in total. The van der Waals surface area contributed by atoms with E-state index in [1.165, 1.54) is 27.9 Å². The number of rotatable bonds is 7. The van der Waals surface area contributed by atoms with Gasteiger partial charge in [0.15, 0.2) is 28.9 Å². The fraction of sp³-hybridized carbons (Fsp3) is 0.378. The minimum absolute atomic E-state index is 0.0859. The van der Waals surface area contributed by atoms with Gasteiger partial charge in [-0.3, -0.25) is 14.4 Å². The van der Waals surface area contributed by atoms with Crippen molar-refractivity contribution in [2.75, 3.05) is 32.5 Å². The van der Waals surface area contributed by atoms with Crippen molar-refractivity contribution < 1.29 is 36.6 Å². The molecule has 1 atom stereocenters. The van der Waals surface area contributed by atoms with Gasteiger partial charge in [0.1, 0.15) is 12.9 Å². The molecule has 56 heavy (non-hydrogen) atoms. The van der Waals surface area contributed by atoms with E-state index in [0.717, 1.165) is 16.6 Å². The number of carbonyl (C=O) groups excluding carboxylic acids is 2. The average molecular weight is 800 g/mol. The van der Waals surface area contributed by atoms with Crippen molar-refractivity contribution in [1.82, 2.24) is 38.9 Å². The molecule has 1 spiro atoms. The van der Waals surface area contributed by atoms with Crippen molar-refractivity contribution in [3.63, 3.8) is 0 Å². The van der Waals surface area contributed by atoms with Crippen LogP contribution in [0.5, 0.6) is 5.75 Å². The molecule has 2 aliphatic rings. The zero-order valence-electron chi connectivity index (χ0n) is 30.5. The van der Waals surface area contributed by atoms with Crippen molar-refractivity contribution in [1.29, 1.82) is 0 Å². The lowest BCUT2D eigenvalue weighted by Crippen LogP contribution is -2.46. The number of hydrogen-bond donors (Lipinski definition) is 2. The van der Waals surface area contributed by atoms with E-state index in [1.807, 2.05) is 6.92 Å². The molecule has 4 heterocycles. The number of aromatic nitrogens is 6. The number of amides is 2. The highest BCUT2D eigenvalue weighted by molar-refractivity contribution is 6.33. The zero-order chi connectivity index (χ0) is 40.4. The minimum atomic E-state index is -4.67. The molecule has 3 aromatic heterocycles. The average Bonchev–Trinajstić information content (AvgIpc) is 3.70. The van der Waals surface area contributed by atoms with Gasteiger partial charge in [-0.25, -0.2) is 18.7 Å². The van der Waals surface area contributed by atoms with Crippen LogP contribution in [0.2, 0.25) is 5.02 Å². The number of hydrogen-bond acceptors (Lipinski definition) is 9. The van der Waals surface area contributed by atoms with Gasteiger partial charge in [-0.15, -0.1) is 5.10 Å². The summed E-state index contributed by atoms with van der Waals surface area (Å²) in [6.07, 6.45) is -2.42. The maximum Gasteiger partial charge on any atom is 0.416 e. The molecule has 2 N–H and O–H groups in total. The van der Waals surface area contributed by atoms with E-state index in [9.17, 15) is 32.7 Å². The molecule has 0 unspecified atom stereocenters. The quantitative estimate of drug-likeness (QED) is 0.198.